The molecule has 0 bridgehead atoms. The Kier molecular flexibility index (Phi) is 4.68. The molecule has 0 N–H and O–H groups in total. The van der Waals surface area contributed by atoms with E-state index in [0.717, 1.165) is 5.56 Å². The van der Waals surface area contributed by atoms with Gasteiger partial charge in [0.15, 0.2) is 0 Å². The van der Waals surface area contributed by atoms with Crippen LogP contribution in [-0.4, -0.2) is 55.4 Å². The molecule has 2 aliphatic rings. The van der Waals surface area contributed by atoms with E-state index in [2.05, 4.69) is 0 Å². The summed E-state index contributed by atoms with van der Waals surface area (Å²) in [7, 11) is -0.646. The molecular formula is C18H25BFNO4. The van der Waals surface area contributed by atoms with Crippen LogP contribution < -0.4 is 5.46 Å². The topological polar surface area (TPSA) is 48.0 Å². The highest BCUT2D eigenvalue weighted by molar-refractivity contribution is 6.62. The Bertz CT molecular complexity index is 670. The van der Waals surface area contributed by atoms with Crippen LogP contribution in [0.4, 0.5) is 4.39 Å². The van der Waals surface area contributed by atoms with Gasteiger partial charge >= 0.3 is 7.12 Å². The van der Waals surface area contributed by atoms with Gasteiger partial charge in [-0.3, -0.25) is 4.79 Å². The fraction of sp³-hybridized carbons (Fsp3) is 0.611. The molecule has 1 aromatic rings. The first-order chi connectivity index (χ1) is 11.6. The molecule has 7 heteroatoms. The van der Waals surface area contributed by atoms with Gasteiger partial charge in [-0.05, 0) is 52.2 Å². The minimum atomic E-state index is -0.646. The molecule has 2 aliphatic heterocycles. The zero-order chi connectivity index (χ0) is 18.4. The Morgan fingerprint density at radius 1 is 1.12 bits per heavy atom. The summed E-state index contributed by atoms with van der Waals surface area (Å²) in [6.07, 6.45) is 0. The summed E-state index contributed by atoms with van der Waals surface area (Å²) in [5, 5.41) is 0. The van der Waals surface area contributed by atoms with E-state index in [1.165, 1.54) is 6.07 Å². The second-order valence-electron chi connectivity index (χ2n) is 7.68. The SMILES string of the molecule is Cc1cc(C(=O)N2CCOCC2)c(F)cc1B1OC(C)(C)C(C)(C)O1. The van der Waals surface area contributed by atoms with Gasteiger partial charge in [-0.25, -0.2) is 4.39 Å². The Labute approximate surface area is 148 Å². The third-order valence-electron chi connectivity index (χ3n) is 5.39. The number of rotatable bonds is 2. The fourth-order valence-corrected chi connectivity index (χ4v) is 3.02. The molecule has 136 valence electrons. The molecule has 2 fully saturated rings. The van der Waals surface area contributed by atoms with Crippen molar-refractivity contribution in [3.63, 3.8) is 0 Å². The molecule has 0 unspecified atom stereocenters. The number of hydrogen-bond acceptors (Lipinski definition) is 4. The van der Waals surface area contributed by atoms with Crippen LogP contribution in [0.5, 0.6) is 0 Å². The van der Waals surface area contributed by atoms with Crippen molar-refractivity contribution < 1.29 is 23.2 Å². The van der Waals surface area contributed by atoms with Crippen LogP contribution in [-0.2, 0) is 14.0 Å². The number of hydrogen-bond donors (Lipinski definition) is 0. The average Bonchev–Trinajstić information content (AvgIpc) is 2.77. The zero-order valence-electron chi connectivity index (χ0n) is 15.5. The van der Waals surface area contributed by atoms with Gasteiger partial charge in [0.05, 0.1) is 30.0 Å². The standard InChI is InChI=1S/C18H25BFNO4/c1-12-10-13(16(22)21-6-8-23-9-7-21)15(20)11-14(12)19-24-17(2,3)18(4,5)25-19/h10-11H,6-9H2,1-5H3. The highest BCUT2D eigenvalue weighted by Gasteiger charge is 2.52. The quantitative estimate of drug-likeness (QED) is 0.766. The number of benzene rings is 1. The highest BCUT2D eigenvalue weighted by atomic mass is 19.1. The summed E-state index contributed by atoms with van der Waals surface area (Å²) in [6, 6.07) is 2.96. The van der Waals surface area contributed by atoms with Crippen molar-refractivity contribution in [3.05, 3.63) is 29.1 Å². The number of amides is 1. The number of ether oxygens (including phenoxy) is 1. The number of morpholine rings is 1. The maximum absolute atomic E-state index is 14.7. The van der Waals surface area contributed by atoms with Crippen LogP contribution in [0.15, 0.2) is 12.1 Å². The first-order valence-corrected chi connectivity index (χ1v) is 8.65. The minimum Gasteiger partial charge on any atom is -0.399 e. The van der Waals surface area contributed by atoms with Crippen molar-refractivity contribution in [2.24, 2.45) is 0 Å². The van der Waals surface area contributed by atoms with Crippen LogP contribution in [0, 0.1) is 12.7 Å². The lowest BCUT2D eigenvalue weighted by Crippen LogP contribution is -2.42. The van der Waals surface area contributed by atoms with Gasteiger partial charge in [-0.1, -0.05) is 5.56 Å². The molecule has 25 heavy (non-hydrogen) atoms. The van der Waals surface area contributed by atoms with Crippen LogP contribution in [0.2, 0.25) is 0 Å². The molecule has 0 atom stereocenters. The molecule has 2 saturated heterocycles. The van der Waals surface area contributed by atoms with E-state index in [9.17, 15) is 9.18 Å². The van der Waals surface area contributed by atoms with E-state index in [4.69, 9.17) is 14.0 Å². The Morgan fingerprint density at radius 2 is 1.68 bits per heavy atom. The first-order valence-electron chi connectivity index (χ1n) is 8.65. The highest BCUT2D eigenvalue weighted by Crippen LogP contribution is 2.36. The van der Waals surface area contributed by atoms with Crippen LogP contribution in [0.25, 0.3) is 0 Å². The van der Waals surface area contributed by atoms with Gasteiger partial charge in [-0.2, -0.15) is 0 Å². The second kappa shape index (κ2) is 6.38. The molecule has 2 heterocycles. The second-order valence-corrected chi connectivity index (χ2v) is 7.68. The predicted octanol–water partition coefficient (Wildman–Crippen LogP) is 1.91. The average molecular weight is 349 g/mol. The van der Waals surface area contributed by atoms with E-state index < -0.39 is 24.1 Å². The molecule has 1 aromatic carbocycles. The first kappa shape index (κ1) is 18.4. The summed E-state index contributed by atoms with van der Waals surface area (Å²) >= 11 is 0. The van der Waals surface area contributed by atoms with E-state index in [0.29, 0.717) is 31.8 Å². The van der Waals surface area contributed by atoms with Crippen molar-refractivity contribution in [1.29, 1.82) is 0 Å². The van der Waals surface area contributed by atoms with Crippen LogP contribution >= 0.6 is 0 Å². The molecule has 0 spiro atoms. The lowest BCUT2D eigenvalue weighted by atomic mass is 9.75. The molecule has 5 nitrogen and oxygen atoms in total. The Hall–Kier alpha value is -1.44. The van der Waals surface area contributed by atoms with Gasteiger partial charge in [-0.15, -0.1) is 0 Å². The summed E-state index contributed by atoms with van der Waals surface area (Å²) in [4.78, 5) is 14.2. The van der Waals surface area contributed by atoms with E-state index >= 15 is 0 Å². The maximum Gasteiger partial charge on any atom is 0.495 e. The van der Waals surface area contributed by atoms with Gasteiger partial charge in [0, 0.05) is 13.1 Å². The Morgan fingerprint density at radius 3 is 2.24 bits per heavy atom. The van der Waals surface area contributed by atoms with Gasteiger partial charge in [0.25, 0.3) is 5.91 Å². The van der Waals surface area contributed by atoms with Crippen molar-refractivity contribution >= 4 is 18.5 Å². The van der Waals surface area contributed by atoms with E-state index in [-0.39, 0.29) is 11.5 Å². The van der Waals surface area contributed by atoms with Gasteiger partial charge in [0.1, 0.15) is 5.82 Å². The summed E-state index contributed by atoms with van der Waals surface area (Å²) < 4.78 is 31.9. The normalized spacial score (nSPS) is 22.3. The zero-order valence-corrected chi connectivity index (χ0v) is 15.5. The van der Waals surface area contributed by atoms with E-state index in [1.54, 1.807) is 11.0 Å². The number of carbonyl (C=O) groups is 1. The number of aryl methyl sites for hydroxylation is 1. The fourth-order valence-electron chi connectivity index (χ4n) is 3.02. The smallest absolute Gasteiger partial charge is 0.399 e. The number of halogens is 1. The molecule has 0 aromatic heterocycles. The number of nitrogens with zero attached hydrogens (tertiary/aromatic N) is 1. The van der Waals surface area contributed by atoms with Crippen LogP contribution in [0.3, 0.4) is 0 Å². The molecule has 3 rings (SSSR count). The summed E-state index contributed by atoms with van der Waals surface area (Å²) in [5.41, 5.74) is 0.483. The monoisotopic (exact) mass is 349 g/mol. The van der Waals surface area contributed by atoms with Crippen molar-refractivity contribution in [2.45, 2.75) is 45.8 Å². The molecule has 1 amide bonds. The van der Waals surface area contributed by atoms with E-state index in [1.807, 2.05) is 34.6 Å². The molecule has 0 saturated carbocycles. The summed E-state index contributed by atoms with van der Waals surface area (Å²) in [5.74, 6) is -0.851. The lowest BCUT2D eigenvalue weighted by molar-refractivity contribution is 0.00578. The summed E-state index contributed by atoms with van der Waals surface area (Å²) in [6.45, 7) is 11.6. The van der Waals surface area contributed by atoms with Gasteiger partial charge < -0.3 is 18.9 Å². The third-order valence-corrected chi connectivity index (χ3v) is 5.39. The van der Waals surface area contributed by atoms with Crippen molar-refractivity contribution in [2.75, 3.05) is 26.3 Å². The lowest BCUT2D eigenvalue weighted by Gasteiger charge is -2.32. The molecular weight excluding hydrogens is 324 g/mol. The molecule has 0 radical (unpaired) electrons. The van der Waals surface area contributed by atoms with Crippen molar-refractivity contribution in [3.8, 4) is 0 Å². The van der Waals surface area contributed by atoms with Crippen molar-refractivity contribution in [1.82, 2.24) is 4.90 Å². The third kappa shape index (κ3) is 3.33. The predicted molar refractivity (Wildman–Crippen MR) is 93.6 cm³/mol. The maximum atomic E-state index is 14.7. The molecule has 0 aliphatic carbocycles. The van der Waals surface area contributed by atoms with Crippen LogP contribution in [0.1, 0.15) is 43.6 Å². The largest absolute Gasteiger partial charge is 0.495 e. The number of carbonyl (C=O) groups excluding carboxylic acids is 1. The minimum absolute atomic E-state index is 0.0830. The van der Waals surface area contributed by atoms with Gasteiger partial charge in [0.2, 0.25) is 0 Å². The Balaban J connectivity index is 1.87.